The Hall–Kier alpha value is -2.25. The maximum atomic E-state index is 14.9. The first-order valence-corrected chi connectivity index (χ1v) is 23.4. The molecule has 0 radical (unpaired) electrons. The third-order valence-electron chi connectivity index (χ3n) is 11.3. The van der Waals surface area contributed by atoms with Crippen molar-refractivity contribution >= 4 is 45.9 Å². The van der Waals surface area contributed by atoms with Gasteiger partial charge in [-0.25, -0.2) is 0 Å². The number of unbranched alkanes of at least 4 members (excludes halogenated alkanes) is 16. The number of nitrogens with zero attached hydrogens (tertiary/aromatic N) is 3. The van der Waals surface area contributed by atoms with E-state index in [-0.39, 0.29) is 11.8 Å². The lowest BCUT2D eigenvalue weighted by atomic mass is 9.93. The summed E-state index contributed by atoms with van der Waals surface area (Å²) in [4.78, 5) is 40.3. The van der Waals surface area contributed by atoms with Gasteiger partial charge in [0.2, 0.25) is 0 Å². The van der Waals surface area contributed by atoms with Crippen LogP contribution >= 0.6 is 22.7 Å². The third kappa shape index (κ3) is 12.4. The zero-order valence-electron chi connectivity index (χ0n) is 33.4. The van der Waals surface area contributed by atoms with Crippen molar-refractivity contribution in [2.75, 3.05) is 13.1 Å². The summed E-state index contributed by atoms with van der Waals surface area (Å²) in [5.41, 5.74) is 4.80. The van der Waals surface area contributed by atoms with E-state index in [0.717, 1.165) is 46.8 Å². The molecular weight excluding hydrogens is 679 g/mol. The fourth-order valence-electron chi connectivity index (χ4n) is 8.32. The Morgan fingerprint density at radius 3 is 1.33 bits per heavy atom. The number of thiazole rings is 1. The van der Waals surface area contributed by atoms with E-state index in [0.29, 0.717) is 36.1 Å². The van der Waals surface area contributed by atoms with Gasteiger partial charge in [0.25, 0.3) is 11.8 Å². The standard InChI is InChI=1S/C45H71N3O2S2/c1-5-9-13-17-19-23-28-36(26-21-15-11-7-3)33-47-42(38-30-25-31-51-38)40-41(45(47)50)43(39-32-46-35-52-39)48(44(40)49)34-37(27-22-16-12-8-4)29-24-20-18-14-10-6-2/h25,30-32,35-37H,5-24,26-29,33-34H2,1-4H3. The number of carbonyl (C=O) groups excluding carboxylic acids is 2. The monoisotopic (exact) mass is 749 g/mol. The van der Waals surface area contributed by atoms with Gasteiger partial charge in [-0.2, -0.15) is 0 Å². The van der Waals surface area contributed by atoms with E-state index in [2.05, 4.69) is 50.2 Å². The maximum absolute atomic E-state index is 14.9. The second kappa shape index (κ2) is 24.2. The van der Waals surface area contributed by atoms with Crippen LogP contribution in [0.3, 0.4) is 0 Å². The van der Waals surface area contributed by atoms with E-state index >= 15 is 0 Å². The van der Waals surface area contributed by atoms with E-state index < -0.39 is 0 Å². The van der Waals surface area contributed by atoms with Gasteiger partial charge in [0.05, 0.1) is 37.8 Å². The highest BCUT2D eigenvalue weighted by Gasteiger charge is 2.50. The number of carbonyl (C=O) groups is 2. The van der Waals surface area contributed by atoms with Gasteiger partial charge >= 0.3 is 0 Å². The fraction of sp³-hybridized carbons (Fsp3) is 0.711. The molecule has 0 aromatic carbocycles. The molecule has 0 bridgehead atoms. The van der Waals surface area contributed by atoms with Crippen LogP contribution in [0.25, 0.3) is 11.4 Å². The number of thiophene rings is 1. The van der Waals surface area contributed by atoms with Crippen molar-refractivity contribution < 1.29 is 9.59 Å². The average molecular weight is 750 g/mol. The second-order valence-electron chi connectivity index (χ2n) is 15.7. The van der Waals surface area contributed by atoms with Gasteiger partial charge in [-0.1, -0.05) is 162 Å². The van der Waals surface area contributed by atoms with Gasteiger partial charge in [0.15, 0.2) is 0 Å². The van der Waals surface area contributed by atoms with E-state index in [4.69, 9.17) is 0 Å². The van der Waals surface area contributed by atoms with Gasteiger partial charge in [0.1, 0.15) is 0 Å². The van der Waals surface area contributed by atoms with E-state index in [1.165, 1.54) is 128 Å². The van der Waals surface area contributed by atoms with Crippen molar-refractivity contribution in [1.82, 2.24) is 14.8 Å². The molecule has 2 atom stereocenters. The highest BCUT2D eigenvalue weighted by molar-refractivity contribution is 7.11. The normalized spacial score (nSPS) is 15.8. The first-order valence-electron chi connectivity index (χ1n) is 21.6. The molecule has 0 saturated carbocycles. The number of fused-ring (bicyclic) bond motifs is 1. The van der Waals surface area contributed by atoms with Crippen LogP contribution in [0.15, 0.2) is 40.4 Å². The molecule has 52 heavy (non-hydrogen) atoms. The summed E-state index contributed by atoms with van der Waals surface area (Å²) < 4.78 is 0. The SMILES string of the molecule is CCCCCCCCC(CCCCCC)CN1C(=O)C2=C(c3cncs3)N(CC(CCCCCC)CCCCCCCC)C(=O)C2=C1c1cccs1. The number of hydrogen-bond acceptors (Lipinski definition) is 5. The van der Waals surface area contributed by atoms with Crippen molar-refractivity contribution in [3.8, 4) is 0 Å². The van der Waals surface area contributed by atoms with Crippen LogP contribution in [0.1, 0.15) is 192 Å². The van der Waals surface area contributed by atoms with Crippen molar-refractivity contribution in [3.63, 3.8) is 0 Å². The van der Waals surface area contributed by atoms with Crippen molar-refractivity contribution in [2.45, 2.75) is 182 Å². The lowest BCUT2D eigenvalue weighted by Crippen LogP contribution is -2.34. The zero-order valence-corrected chi connectivity index (χ0v) is 35.0. The van der Waals surface area contributed by atoms with Crippen LogP contribution in [-0.4, -0.2) is 39.7 Å². The van der Waals surface area contributed by atoms with Crippen LogP contribution in [0.4, 0.5) is 0 Å². The summed E-state index contributed by atoms with van der Waals surface area (Å²) in [6.07, 6.45) is 31.7. The molecule has 2 aliphatic rings. The molecule has 5 nitrogen and oxygen atoms in total. The second-order valence-corrected chi connectivity index (χ2v) is 17.5. The minimum Gasteiger partial charge on any atom is -0.306 e. The number of hydrogen-bond donors (Lipinski definition) is 0. The molecule has 2 aliphatic heterocycles. The summed E-state index contributed by atoms with van der Waals surface area (Å²) in [5.74, 6) is 0.908. The molecule has 2 unspecified atom stereocenters. The molecule has 2 amide bonds. The summed E-state index contributed by atoms with van der Waals surface area (Å²) in [7, 11) is 0. The van der Waals surface area contributed by atoms with Crippen molar-refractivity contribution in [3.05, 3.63) is 50.1 Å². The zero-order chi connectivity index (χ0) is 37.0. The van der Waals surface area contributed by atoms with Gasteiger partial charge in [0, 0.05) is 19.3 Å². The fourth-order valence-corrected chi connectivity index (χ4v) is 9.79. The van der Waals surface area contributed by atoms with Crippen LogP contribution in [-0.2, 0) is 9.59 Å². The summed E-state index contributed by atoms with van der Waals surface area (Å²) in [6, 6.07) is 4.17. The molecule has 0 saturated heterocycles. The lowest BCUT2D eigenvalue weighted by Gasteiger charge is -2.29. The summed E-state index contributed by atoms with van der Waals surface area (Å²) in [6.45, 7) is 10.5. The molecular formula is C45H71N3O2S2. The highest BCUT2D eigenvalue weighted by Crippen LogP contribution is 2.49. The van der Waals surface area contributed by atoms with Crippen molar-refractivity contribution in [2.24, 2.45) is 11.8 Å². The van der Waals surface area contributed by atoms with Crippen molar-refractivity contribution in [1.29, 1.82) is 0 Å². The van der Waals surface area contributed by atoms with Crippen LogP contribution in [0, 0.1) is 11.8 Å². The van der Waals surface area contributed by atoms with E-state index in [9.17, 15) is 9.59 Å². The molecule has 0 N–H and O–H groups in total. The van der Waals surface area contributed by atoms with Gasteiger partial charge < -0.3 is 9.80 Å². The smallest absolute Gasteiger partial charge is 0.261 e. The molecule has 2 aromatic heterocycles. The Morgan fingerprint density at radius 2 is 0.942 bits per heavy atom. The van der Waals surface area contributed by atoms with Crippen LogP contribution in [0.2, 0.25) is 0 Å². The topological polar surface area (TPSA) is 53.5 Å². The first-order chi connectivity index (χ1) is 25.5. The average Bonchev–Trinajstić information content (AvgIpc) is 3.96. The molecule has 290 valence electrons. The molecule has 4 heterocycles. The minimum atomic E-state index is 0.0228. The molecule has 0 aliphatic carbocycles. The summed E-state index contributed by atoms with van der Waals surface area (Å²) >= 11 is 3.20. The Bertz CT molecular complexity index is 1260. The Labute approximate surface area is 325 Å². The predicted octanol–water partition coefficient (Wildman–Crippen LogP) is 13.7. The third-order valence-corrected chi connectivity index (χ3v) is 13.0. The molecule has 2 aromatic rings. The first kappa shape index (κ1) is 42.5. The van der Waals surface area contributed by atoms with Gasteiger partial charge in [-0.15, -0.1) is 22.7 Å². The largest absolute Gasteiger partial charge is 0.306 e. The predicted molar refractivity (Wildman–Crippen MR) is 224 cm³/mol. The van der Waals surface area contributed by atoms with E-state index in [1.807, 2.05) is 21.5 Å². The van der Waals surface area contributed by atoms with Crippen LogP contribution in [0.5, 0.6) is 0 Å². The van der Waals surface area contributed by atoms with Gasteiger partial charge in [-0.05, 0) is 49.0 Å². The van der Waals surface area contributed by atoms with Gasteiger partial charge in [-0.3, -0.25) is 14.6 Å². The van der Waals surface area contributed by atoms with E-state index in [1.54, 1.807) is 22.7 Å². The Kier molecular flexibility index (Phi) is 19.8. The molecule has 7 heteroatoms. The molecule has 0 spiro atoms. The number of amides is 2. The van der Waals surface area contributed by atoms with Crippen LogP contribution < -0.4 is 0 Å². The maximum Gasteiger partial charge on any atom is 0.261 e. The quantitative estimate of drug-likeness (QED) is 0.0747. The Morgan fingerprint density at radius 1 is 0.538 bits per heavy atom. The lowest BCUT2D eigenvalue weighted by molar-refractivity contribution is -0.124. The summed E-state index contributed by atoms with van der Waals surface area (Å²) in [5, 5.41) is 2.08. The Balaban J connectivity index is 1.63. The number of aromatic nitrogens is 1. The minimum absolute atomic E-state index is 0.0228. The highest BCUT2D eigenvalue weighted by atomic mass is 32.1. The number of rotatable bonds is 30. The molecule has 4 rings (SSSR count). The molecule has 0 fully saturated rings.